The highest BCUT2D eigenvalue weighted by atomic mass is 15.3. The van der Waals surface area contributed by atoms with Gasteiger partial charge >= 0.3 is 0 Å². The van der Waals surface area contributed by atoms with Crippen molar-refractivity contribution in [3.8, 4) is 11.4 Å². The highest BCUT2D eigenvalue weighted by molar-refractivity contribution is 5.88. The molecule has 1 saturated carbocycles. The zero-order chi connectivity index (χ0) is 18.9. The van der Waals surface area contributed by atoms with Gasteiger partial charge in [-0.3, -0.25) is 14.3 Å². The molecular weight excluding hydrogens is 352 g/mol. The molecule has 0 aromatic carbocycles. The number of anilines is 1. The fraction of sp³-hybridized carbons (Fsp3) is 0.350. The largest absolute Gasteiger partial charge is 0.369 e. The van der Waals surface area contributed by atoms with Gasteiger partial charge in [0, 0.05) is 55.9 Å². The maximum absolute atomic E-state index is 4.75. The van der Waals surface area contributed by atoms with Gasteiger partial charge in [0.2, 0.25) is 0 Å². The first-order valence-electron chi connectivity index (χ1n) is 9.65. The van der Waals surface area contributed by atoms with Gasteiger partial charge in [-0.15, -0.1) is 0 Å². The SMILES string of the molecule is Cn1ncc2c(NCCCn3nccc3C3CC3)nc(-c3ccncc3)nc21. The molecule has 0 radical (unpaired) electrons. The first-order chi connectivity index (χ1) is 13.8. The summed E-state index contributed by atoms with van der Waals surface area (Å²) in [4.78, 5) is 13.5. The van der Waals surface area contributed by atoms with Crippen LogP contribution in [0.4, 0.5) is 5.82 Å². The van der Waals surface area contributed by atoms with Crippen LogP contribution in [0.25, 0.3) is 22.4 Å². The summed E-state index contributed by atoms with van der Waals surface area (Å²) < 4.78 is 3.92. The quantitative estimate of drug-likeness (QED) is 0.501. The van der Waals surface area contributed by atoms with E-state index in [2.05, 4.69) is 36.2 Å². The molecule has 0 amide bonds. The minimum Gasteiger partial charge on any atom is -0.369 e. The van der Waals surface area contributed by atoms with Gasteiger partial charge in [0.1, 0.15) is 5.82 Å². The van der Waals surface area contributed by atoms with Gasteiger partial charge in [0.05, 0.1) is 11.6 Å². The van der Waals surface area contributed by atoms with Crippen molar-refractivity contribution in [3.05, 3.63) is 48.7 Å². The average molecular weight is 374 g/mol. The molecule has 1 fully saturated rings. The van der Waals surface area contributed by atoms with E-state index >= 15 is 0 Å². The van der Waals surface area contributed by atoms with Crippen molar-refractivity contribution in [3.63, 3.8) is 0 Å². The summed E-state index contributed by atoms with van der Waals surface area (Å²) in [6, 6.07) is 5.98. The molecule has 4 aromatic heterocycles. The maximum atomic E-state index is 4.75. The zero-order valence-corrected chi connectivity index (χ0v) is 15.8. The summed E-state index contributed by atoms with van der Waals surface area (Å²) in [7, 11) is 1.90. The fourth-order valence-corrected chi connectivity index (χ4v) is 3.48. The van der Waals surface area contributed by atoms with Crippen LogP contribution in [0.3, 0.4) is 0 Å². The average Bonchev–Trinajstić information content (AvgIpc) is 3.35. The Kier molecular flexibility index (Phi) is 4.23. The second-order valence-electron chi connectivity index (χ2n) is 7.17. The second kappa shape index (κ2) is 7.03. The van der Waals surface area contributed by atoms with Gasteiger partial charge in [-0.2, -0.15) is 10.2 Å². The number of hydrogen-bond donors (Lipinski definition) is 1. The number of aromatic nitrogens is 7. The minimum atomic E-state index is 0.670. The van der Waals surface area contributed by atoms with Crippen molar-refractivity contribution >= 4 is 16.9 Å². The topological polar surface area (TPSA) is 86.3 Å². The van der Waals surface area contributed by atoms with Crippen LogP contribution in [0, 0.1) is 0 Å². The second-order valence-corrected chi connectivity index (χ2v) is 7.17. The number of aryl methyl sites for hydroxylation is 2. The molecule has 5 rings (SSSR count). The minimum absolute atomic E-state index is 0.670. The lowest BCUT2D eigenvalue weighted by molar-refractivity contribution is 0.566. The molecule has 0 spiro atoms. The van der Waals surface area contributed by atoms with E-state index in [1.54, 1.807) is 17.1 Å². The maximum Gasteiger partial charge on any atom is 0.164 e. The Bertz CT molecular complexity index is 1090. The Hall–Kier alpha value is -3.29. The predicted molar refractivity (Wildman–Crippen MR) is 107 cm³/mol. The number of fused-ring (bicyclic) bond motifs is 1. The first kappa shape index (κ1) is 16.9. The molecule has 1 aliphatic carbocycles. The smallest absolute Gasteiger partial charge is 0.164 e. The number of rotatable bonds is 7. The third-order valence-corrected chi connectivity index (χ3v) is 5.11. The van der Waals surface area contributed by atoms with Crippen molar-refractivity contribution in [1.29, 1.82) is 0 Å². The molecule has 8 heteroatoms. The van der Waals surface area contributed by atoms with Crippen molar-refractivity contribution in [2.45, 2.75) is 31.7 Å². The Morgan fingerprint density at radius 3 is 2.75 bits per heavy atom. The molecule has 4 aromatic rings. The number of pyridine rings is 1. The molecule has 0 bridgehead atoms. The molecule has 0 atom stereocenters. The van der Waals surface area contributed by atoms with Gasteiger partial charge in [0.15, 0.2) is 11.5 Å². The lowest BCUT2D eigenvalue weighted by Gasteiger charge is -2.10. The molecule has 0 saturated heterocycles. The lowest BCUT2D eigenvalue weighted by atomic mass is 10.2. The van der Waals surface area contributed by atoms with Crippen molar-refractivity contribution in [1.82, 2.24) is 34.5 Å². The normalized spacial score (nSPS) is 13.9. The molecular formula is C20H22N8. The third-order valence-electron chi connectivity index (χ3n) is 5.11. The Morgan fingerprint density at radius 1 is 1.07 bits per heavy atom. The van der Waals surface area contributed by atoms with E-state index < -0.39 is 0 Å². The molecule has 142 valence electrons. The third kappa shape index (κ3) is 3.21. The van der Waals surface area contributed by atoms with Crippen LogP contribution in [-0.4, -0.2) is 41.1 Å². The Balaban J connectivity index is 1.34. The summed E-state index contributed by atoms with van der Waals surface area (Å²) in [5, 5.41) is 13.2. The fourth-order valence-electron chi connectivity index (χ4n) is 3.48. The van der Waals surface area contributed by atoms with E-state index in [1.807, 2.05) is 31.6 Å². The van der Waals surface area contributed by atoms with Crippen molar-refractivity contribution < 1.29 is 0 Å². The van der Waals surface area contributed by atoms with E-state index in [0.717, 1.165) is 47.8 Å². The van der Waals surface area contributed by atoms with Gasteiger partial charge in [0.25, 0.3) is 0 Å². The van der Waals surface area contributed by atoms with E-state index in [4.69, 9.17) is 4.98 Å². The van der Waals surface area contributed by atoms with Gasteiger partial charge in [-0.1, -0.05) is 0 Å². The van der Waals surface area contributed by atoms with Crippen LogP contribution < -0.4 is 5.32 Å². The number of nitrogens with zero attached hydrogens (tertiary/aromatic N) is 7. The molecule has 0 aliphatic heterocycles. The molecule has 8 nitrogen and oxygen atoms in total. The predicted octanol–water partition coefficient (Wildman–Crippen LogP) is 3.00. The van der Waals surface area contributed by atoms with Crippen LogP contribution >= 0.6 is 0 Å². The summed E-state index contributed by atoms with van der Waals surface area (Å²) in [6.45, 7) is 1.71. The highest BCUT2D eigenvalue weighted by Gasteiger charge is 2.26. The molecule has 28 heavy (non-hydrogen) atoms. The molecule has 0 unspecified atom stereocenters. The van der Waals surface area contributed by atoms with Gasteiger partial charge in [-0.05, 0) is 37.5 Å². The zero-order valence-electron chi connectivity index (χ0n) is 15.8. The van der Waals surface area contributed by atoms with Crippen molar-refractivity contribution in [2.75, 3.05) is 11.9 Å². The van der Waals surface area contributed by atoms with Crippen LogP contribution in [0.5, 0.6) is 0 Å². The summed E-state index contributed by atoms with van der Waals surface area (Å²) in [5.41, 5.74) is 3.12. The molecule has 1 N–H and O–H groups in total. The highest BCUT2D eigenvalue weighted by Crippen LogP contribution is 2.39. The van der Waals surface area contributed by atoms with E-state index in [0.29, 0.717) is 5.82 Å². The summed E-state index contributed by atoms with van der Waals surface area (Å²) in [5.74, 6) is 2.20. The van der Waals surface area contributed by atoms with Crippen LogP contribution in [-0.2, 0) is 13.6 Å². The van der Waals surface area contributed by atoms with Gasteiger partial charge in [-0.25, -0.2) is 9.97 Å². The van der Waals surface area contributed by atoms with Gasteiger partial charge < -0.3 is 5.32 Å². The van der Waals surface area contributed by atoms with Crippen LogP contribution in [0.2, 0.25) is 0 Å². The van der Waals surface area contributed by atoms with E-state index in [-0.39, 0.29) is 0 Å². The van der Waals surface area contributed by atoms with Crippen LogP contribution in [0.15, 0.2) is 43.0 Å². The lowest BCUT2D eigenvalue weighted by Crippen LogP contribution is -2.11. The Morgan fingerprint density at radius 2 is 1.93 bits per heavy atom. The summed E-state index contributed by atoms with van der Waals surface area (Å²) >= 11 is 0. The molecule has 4 heterocycles. The number of hydrogen-bond acceptors (Lipinski definition) is 6. The number of nitrogens with one attached hydrogen (secondary N) is 1. The first-order valence-corrected chi connectivity index (χ1v) is 9.65. The Labute approximate surface area is 162 Å². The van der Waals surface area contributed by atoms with Crippen molar-refractivity contribution in [2.24, 2.45) is 7.05 Å². The standard InChI is InChI=1S/C20H22N8/c1-27-20-16(13-24-27)19(25-18(26-20)15-5-9-21-10-6-15)22-8-2-12-28-17(7-11-23-28)14-3-4-14/h5-7,9-11,13-14H,2-4,8,12H2,1H3,(H,22,25,26). The van der Waals surface area contributed by atoms with Crippen LogP contribution in [0.1, 0.15) is 30.9 Å². The van der Waals surface area contributed by atoms with E-state index in [9.17, 15) is 0 Å². The monoisotopic (exact) mass is 374 g/mol. The summed E-state index contributed by atoms with van der Waals surface area (Å²) in [6.07, 6.45) is 10.8. The van der Waals surface area contributed by atoms with E-state index in [1.165, 1.54) is 18.5 Å². The molecule has 1 aliphatic rings.